The number of H-pyrrole nitrogens is 2. The number of nitrogens with zero attached hydrogens (tertiary/aromatic N) is 2. The van der Waals surface area contributed by atoms with E-state index in [-0.39, 0.29) is 17.6 Å². The Labute approximate surface area is 150 Å². The van der Waals surface area contributed by atoms with Crippen LogP contribution in [0.5, 0.6) is 5.75 Å². The number of phenols is 1. The monoisotopic (exact) mass is 355 g/mol. The van der Waals surface area contributed by atoms with Crippen LogP contribution in [0.15, 0.2) is 36.5 Å². The number of aromatic amines is 2. The molecule has 0 spiro atoms. The number of rotatable bonds is 5. The van der Waals surface area contributed by atoms with Crippen LogP contribution in [-0.2, 0) is 0 Å². The van der Waals surface area contributed by atoms with Crippen LogP contribution in [-0.4, -0.2) is 56.1 Å². The predicted molar refractivity (Wildman–Crippen MR) is 97.1 cm³/mol. The minimum absolute atomic E-state index is 0.113. The van der Waals surface area contributed by atoms with Gasteiger partial charge in [0.15, 0.2) is 0 Å². The number of aromatic hydroxyl groups is 1. The van der Waals surface area contributed by atoms with E-state index in [0.717, 1.165) is 0 Å². The topological polar surface area (TPSA) is 114 Å². The summed E-state index contributed by atoms with van der Waals surface area (Å²) in [5.41, 5.74) is 0.748. The summed E-state index contributed by atoms with van der Waals surface area (Å²) in [6.07, 6.45) is 1.51. The average molecular weight is 355 g/mol. The molecule has 4 N–H and O–H groups in total. The van der Waals surface area contributed by atoms with Crippen molar-refractivity contribution in [2.75, 3.05) is 13.6 Å². The maximum absolute atomic E-state index is 12.6. The zero-order valence-electron chi connectivity index (χ0n) is 14.8. The van der Waals surface area contributed by atoms with Gasteiger partial charge in [-0.1, -0.05) is 6.07 Å². The second-order valence-electron chi connectivity index (χ2n) is 6.89. The lowest BCUT2D eigenvalue weighted by molar-refractivity contribution is 0.0725. The maximum atomic E-state index is 12.6. The highest BCUT2D eigenvalue weighted by molar-refractivity contribution is 6.00. The molecule has 8 nitrogen and oxygen atoms in total. The standard InChI is InChI=1S/C18H21N5O3/c1-18(2,10-23(3)17(26)13-7-8-19-22-13)21-16(25)14-9-11-12(20-14)5-4-6-15(11)24/h4-9,20,24H,10H2,1-3H3,(H,19,22)(H,21,25). The third-order valence-electron chi connectivity index (χ3n) is 4.05. The summed E-state index contributed by atoms with van der Waals surface area (Å²) >= 11 is 0. The Morgan fingerprint density at radius 2 is 2.04 bits per heavy atom. The van der Waals surface area contributed by atoms with Crippen molar-refractivity contribution in [2.24, 2.45) is 0 Å². The van der Waals surface area contributed by atoms with Gasteiger partial charge in [-0.2, -0.15) is 5.10 Å². The van der Waals surface area contributed by atoms with Crippen LogP contribution < -0.4 is 5.32 Å². The van der Waals surface area contributed by atoms with E-state index in [1.807, 2.05) is 13.8 Å². The van der Waals surface area contributed by atoms with E-state index >= 15 is 0 Å². The molecule has 0 bridgehead atoms. The van der Waals surface area contributed by atoms with Gasteiger partial charge in [0.1, 0.15) is 17.1 Å². The van der Waals surface area contributed by atoms with Crippen molar-refractivity contribution in [1.29, 1.82) is 0 Å². The van der Waals surface area contributed by atoms with Crippen molar-refractivity contribution in [2.45, 2.75) is 19.4 Å². The van der Waals surface area contributed by atoms with E-state index < -0.39 is 5.54 Å². The number of carbonyl (C=O) groups excluding carboxylic acids is 2. The molecule has 0 aliphatic heterocycles. The zero-order chi connectivity index (χ0) is 18.9. The summed E-state index contributed by atoms with van der Waals surface area (Å²) in [6.45, 7) is 3.98. The van der Waals surface area contributed by atoms with Crippen molar-refractivity contribution in [3.8, 4) is 5.75 Å². The number of phenolic OH excluding ortho intramolecular Hbond substituents is 1. The van der Waals surface area contributed by atoms with E-state index in [1.54, 1.807) is 37.4 Å². The van der Waals surface area contributed by atoms with Crippen LogP contribution in [0.2, 0.25) is 0 Å². The first-order valence-electron chi connectivity index (χ1n) is 8.15. The number of amides is 2. The molecule has 1 aromatic carbocycles. The molecule has 0 atom stereocenters. The number of benzene rings is 1. The Balaban J connectivity index is 1.70. The number of carbonyl (C=O) groups is 2. The molecule has 0 unspecified atom stereocenters. The van der Waals surface area contributed by atoms with Crippen LogP contribution in [0.4, 0.5) is 0 Å². The lowest BCUT2D eigenvalue weighted by atomic mass is 10.0. The van der Waals surface area contributed by atoms with Crippen molar-refractivity contribution in [1.82, 2.24) is 25.4 Å². The Hall–Kier alpha value is -3.29. The van der Waals surface area contributed by atoms with E-state index in [9.17, 15) is 14.7 Å². The van der Waals surface area contributed by atoms with Gasteiger partial charge in [0.25, 0.3) is 11.8 Å². The third kappa shape index (κ3) is 3.53. The van der Waals surface area contributed by atoms with Crippen molar-refractivity contribution < 1.29 is 14.7 Å². The molecule has 3 aromatic rings. The Bertz CT molecular complexity index is 943. The highest BCUT2D eigenvalue weighted by atomic mass is 16.3. The average Bonchev–Trinajstić information content (AvgIpc) is 3.23. The smallest absolute Gasteiger partial charge is 0.271 e. The summed E-state index contributed by atoms with van der Waals surface area (Å²) in [4.78, 5) is 29.4. The van der Waals surface area contributed by atoms with Crippen molar-refractivity contribution >= 4 is 22.7 Å². The van der Waals surface area contributed by atoms with Gasteiger partial charge in [-0.05, 0) is 38.1 Å². The number of aromatic nitrogens is 3. The molecular weight excluding hydrogens is 334 g/mol. The first kappa shape index (κ1) is 17.5. The molecule has 3 rings (SSSR count). The van der Waals surface area contributed by atoms with Crippen molar-refractivity contribution in [3.05, 3.63) is 47.9 Å². The van der Waals surface area contributed by atoms with Crippen LogP contribution in [0.25, 0.3) is 10.9 Å². The van der Waals surface area contributed by atoms with Crippen LogP contribution in [0, 0.1) is 0 Å². The Kier molecular flexibility index (Phi) is 4.41. The van der Waals surface area contributed by atoms with Crippen LogP contribution in [0.3, 0.4) is 0 Å². The summed E-state index contributed by atoms with van der Waals surface area (Å²) in [5, 5.41) is 19.8. The van der Waals surface area contributed by atoms with Gasteiger partial charge in [0.2, 0.25) is 0 Å². The largest absolute Gasteiger partial charge is 0.507 e. The Morgan fingerprint density at radius 1 is 1.27 bits per heavy atom. The minimum atomic E-state index is -0.666. The SMILES string of the molecule is CN(CC(C)(C)NC(=O)c1cc2c(O)cccc2[nH]1)C(=O)c1ccn[nH]1. The van der Waals surface area contributed by atoms with Gasteiger partial charge in [0, 0.05) is 30.7 Å². The molecule has 0 fully saturated rings. The fraction of sp³-hybridized carbons (Fsp3) is 0.278. The fourth-order valence-electron chi connectivity index (χ4n) is 2.92. The summed E-state index contributed by atoms with van der Waals surface area (Å²) in [6, 6.07) is 8.26. The summed E-state index contributed by atoms with van der Waals surface area (Å²) < 4.78 is 0. The number of hydrogen-bond donors (Lipinski definition) is 4. The lowest BCUT2D eigenvalue weighted by Crippen LogP contribution is -2.52. The minimum Gasteiger partial charge on any atom is -0.507 e. The van der Waals surface area contributed by atoms with Gasteiger partial charge >= 0.3 is 0 Å². The van der Waals surface area contributed by atoms with Gasteiger partial charge in [-0.15, -0.1) is 0 Å². The van der Waals surface area contributed by atoms with E-state index in [4.69, 9.17) is 0 Å². The molecule has 0 saturated carbocycles. The first-order valence-corrected chi connectivity index (χ1v) is 8.15. The van der Waals surface area contributed by atoms with E-state index in [0.29, 0.717) is 28.8 Å². The second kappa shape index (κ2) is 6.55. The second-order valence-corrected chi connectivity index (χ2v) is 6.89. The molecule has 2 heterocycles. The number of fused-ring (bicyclic) bond motifs is 1. The number of nitrogens with one attached hydrogen (secondary N) is 3. The van der Waals surface area contributed by atoms with Crippen LogP contribution in [0.1, 0.15) is 34.8 Å². The molecular formula is C18H21N5O3. The summed E-state index contributed by atoms with van der Waals surface area (Å²) in [7, 11) is 1.66. The molecule has 8 heteroatoms. The van der Waals surface area contributed by atoms with Gasteiger partial charge in [-0.25, -0.2) is 0 Å². The molecule has 0 saturated heterocycles. The third-order valence-corrected chi connectivity index (χ3v) is 4.05. The Morgan fingerprint density at radius 3 is 2.69 bits per heavy atom. The van der Waals surface area contributed by atoms with Gasteiger partial charge in [0.05, 0.1) is 5.54 Å². The molecule has 0 aliphatic rings. The predicted octanol–water partition coefficient (Wildman–Crippen LogP) is 1.88. The fourth-order valence-corrected chi connectivity index (χ4v) is 2.92. The van der Waals surface area contributed by atoms with E-state index in [1.165, 1.54) is 11.1 Å². The van der Waals surface area contributed by atoms with Gasteiger partial charge in [-0.3, -0.25) is 14.7 Å². The number of likely N-dealkylation sites (N-methyl/N-ethyl adjacent to an activating group) is 1. The molecule has 0 aliphatic carbocycles. The van der Waals surface area contributed by atoms with Crippen LogP contribution >= 0.6 is 0 Å². The molecule has 2 amide bonds. The first-order chi connectivity index (χ1) is 12.3. The van der Waals surface area contributed by atoms with Gasteiger partial charge < -0.3 is 20.3 Å². The van der Waals surface area contributed by atoms with Crippen molar-refractivity contribution in [3.63, 3.8) is 0 Å². The zero-order valence-corrected chi connectivity index (χ0v) is 14.8. The highest BCUT2D eigenvalue weighted by Crippen LogP contribution is 2.25. The molecule has 26 heavy (non-hydrogen) atoms. The molecule has 0 radical (unpaired) electrons. The lowest BCUT2D eigenvalue weighted by Gasteiger charge is -2.31. The quantitative estimate of drug-likeness (QED) is 0.559. The molecule has 136 valence electrons. The maximum Gasteiger partial charge on any atom is 0.271 e. The number of hydrogen-bond acceptors (Lipinski definition) is 4. The highest BCUT2D eigenvalue weighted by Gasteiger charge is 2.26. The summed E-state index contributed by atoms with van der Waals surface area (Å²) in [5.74, 6) is -0.407. The normalized spacial score (nSPS) is 11.5. The molecule has 2 aromatic heterocycles. The van der Waals surface area contributed by atoms with E-state index in [2.05, 4.69) is 20.5 Å².